The average Bonchev–Trinajstić information content (AvgIpc) is 2.89. The van der Waals surface area contributed by atoms with Crippen LogP contribution in [0.4, 0.5) is 0 Å². The number of hydrogen-bond acceptors (Lipinski definition) is 5. The molecule has 1 fully saturated rings. The van der Waals surface area contributed by atoms with Crippen molar-refractivity contribution in [2.45, 2.75) is 37.3 Å². The molecule has 2 heterocycles. The van der Waals surface area contributed by atoms with E-state index in [1.807, 2.05) is 6.92 Å². The van der Waals surface area contributed by atoms with Crippen LogP contribution in [-0.2, 0) is 21.4 Å². The van der Waals surface area contributed by atoms with E-state index < -0.39 is 22.1 Å². The number of hydrogen-bond donors (Lipinski definition) is 2. The van der Waals surface area contributed by atoms with Crippen molar-refractivity contribution in [1.82, 2.24) is 14.1 Å². The first-order chi connectivity index (χ1) is 9.80. The summed E-state index contributed by atoms with van der Waals surface area (Å²) in [4.78, 5) is 10.6. The molecule has 2 unspecified atom stereocenters. The molecule has 0 radical (unpaired) electrons. The van der Waals surface area contributed by atoms with Crippen molar-refractivity contribution >= 4 is 16.0 Å². The molecule has 0 amide bonds. The molecule has 0 aliphatic carbocycles. The first kappa shape index (κ1) is 15.9. The standard InChI is InChI=1S/C12H19N3O5S/c1-9-7-15(5-2-11(9)16)21(19,20)10-6-13-14(8-10)4-3-12(17)18/h6,8-9,11,16H,2-5,7H2,1H3,(H,17,18). The maximum atomic E-state index is 12.5. The lowest BCUT2D eigenvalue weighted by Crippen LogP contribution is -2.44. The Morgan fingerprint density at radius 1 is 1.52 bits per heavy atom. The minimum absolute atomic E-state index is 0.0523. The fourth-order valence-electron chi connectivity index (χ4n) is 2.27. The molecule has 0 saturated carbocycles. The van der Waals surface area contributed by atoms with Crippen LogP contribution in [0.5, 0.6) is 0 Å². The number of carboxylic acid groups (broad SMARTS) is 1. The number of rotatable bonds is 5. The Kier molecular flexibility index (Phi) is 4.64. The van der Waals surface area contributed by atoms with Gasteiger partial charge >= 0.3 is 5.97 Å². The highest BCUT2D eigenvalue weighted by Crippen LogP contribution is 2.23. The van der Waals surface area contributed by atoms with Gasteiger partial charge in [-0.15, -0.1) is 0 Å². The van der Waals surface area contributed by atoms with Crippen LogP contribution in [0, 0.1) is 5.92 Å². The third-order valence-electron chi connectivity index (χ3n) is 3.62. The number of aliphatic hydroxyl groups excluding tert-OH is 1. The molecule has 1 saturated heterocycles. The third-order valence-corrected chi connectivity index (χ3v) is 5.44. The quantitative estimate of drug-likeness (QED) is 0.774. The van der Waals surface area contributed by atoms with Gasteiger partial charge < -0.3 is 10.2 Å². The first-order valence-electron chi connectivity index (χ1n) is 6.73. The van der Waals surface area contributed by atoms with E-state index in [1.54, 1.807) is 0 Å². The number of carboxylic acids is 1. The highest BCUT2D eigenvalue weighted by atomic mass is 32.2. The fraction of sp³-hybridized carbons (Fsp3) is 0.667. The number of nitrogens with zero attached hydrogens (tertiary/aromatic N) is 3. The predicted molar refractivity (Wildman–Crippen MR) is 73.0 cm³/mol. The van der Waals surface area contributed by atoms with Gasteiger partial charge in [-0.2, -0.15) is 9.40 Å². The van der Waals surface area contributed by atoms with Gasteiger partial charge in [-0.25, -0.2) is 8.42 Å². The summed E-state index contributed by atoms with van der Waals surface area (Å²) in [5.74, 6) is -1.08. The molecule has 1 aliphatic rings. The van der Waals surface area contributed by atoms with Gasteiger partial charge in [0, 0.05) is 19.3 Å². The molecule has 2 rings (SSSR count). The minimum atomic E-state index is -3.64. The summed E-state index contributed by atoms with van der Waals surface area (Å²) in [7, 11) is -3.64. The predicted octanol–water partition coefficient (Wildman–Crippen LogP) is -0.251. The zero-order chi connectivity index (χ0) is 15.6. The van der Waals surface area contributed by atoms with Gasteiger partial charge in [0.25, 0.3) is 0 Å². The van der Waals surface area contributed by atoms with E-state index in [0.717, 1.165) is 0 Å². The van der Waals surface area contributed by atoms with Crippen LogP contribution in [0.25, 0.3) is 0 Å². The second-order valence-electron chi connectivity index (χ2n) is 5.28. The Morgan fingerprint density at radius 3 is 2.86 bits per heavy atom. The fourth-order valence-corrected chi connectivity index (χ4v) is 3.78. The van der Waals surface area contributed by atoms with Crippen LogP contribution in [0.15, 0.2) is 17.3 Å². The SMILES string of the molecule is CC1CN(S(=O)(=O)c2cnn(CCC(=O)O)c2)CCC1O. The molecule has 2 atom stereocenters. The average molecular weight is 317 g/mol. The van der Waals surface area contributed by atoms with Gasteiger partial charge in [0.15, 0.2) is 0 Å². The van der Waals surface area contributed by atoms with Gasteiger partial charge in [0.2, 0.25) is 10.0 Å². The van der Waals surface area contributed by atoms with Crippen LogP contribution in [-0.4, -0.2) is 57.9 Å². The first-order valence-corrected chi connectivity index (χ1v) is 8.17. The maximum Gasteiger partial charge on any atom is 0.305 e. The molecule has 0 spiro atoms. The van der Waals surface area contributed by atoms with E-state index in [0.29, 0.717) is 6.42 Å². The summed E-state index contributed by atoms with van der Waals surface area (Å²) in [5, 5.41) is 22.2. The van der Waals surface area contributed by atoms with E-state index in [-0.39, 0.29) is 36.9 Å². The second-order valence-corrected chi connectivity index (χ2v) is 7.22. The largest absolute Gasteiger partial charge is 0.481 e. The van der Waals surface area contributed by atoms with Crippen molar-refractivity contribution in [3.8, 4) is 0 Å². The second kappa shape index (κ2) is 6.12. The molecule has 0 aromatic carbocycles. The molecule has 21 heavy (non-hydrogen) atoms. The van der Waals surface area contributed by atoms with Crippen LogP contribution in [0.2, 0.25) is 0 Å². The number of aliphatic carboxylic acids is 1. The monoisotopic (exact) mass is 317 g/mol. The van der Waals surface area contributed by atoms with E-state index in [4.69, 9.17) is 5.11 Å². The summed E-state index contributed by atoms with van der Waals surface area (Å²) >= 11 is 0. The van der Waals surface area contributed by atoms with Crippen molar-refractivity contribution in [1.29, 1.82) is 0 Å². The van der Waals surface area contributed by atoms with Gasteiger partial charge in [0.05, 0.1) is 25.3 Å². The zero-order valence-corrected chi connectivity index (χ0v) is 12.5. The summed E-state index contributed by atoms with van der Waals surface area (Å²) in [6, 6.07) is 0. The van der Waals surface area contributed by atoms with E-state index in [2.05, 4.69) is 5.10 Å². The topological polar surface area (TPSA) is 113 Å². The summed E-state index contributed by atoms with van der Waals surface area (Å²) in [5.41, 5.74) is 0. The van der Waals surface area contributed by atoms with Crippen molar-refractivity contribution < 1.29 is 23.4 Å². The Labute approximate surface area is 123 Å². The van der Waals surface area contributed by atoms with Crippen molar-refractivity contribution in [2.75, 3.05) is 13.1 Å². The van der Waals surface area contributed by atoms with E-state index in [9.17, 15) is 18.3 Å². The molecule has 118 valence electrons. The van der Waals surface area contributed by atoms with Gasteiger partial charge in [-0.05, 0) is 12.3 Å². The summed E-state index contributed by atoms with van der Waals surface area (Å²) in [6.07, 6.45) is 2.39. The molecule has 1 aromatic heterocycles. The lowest BCUT2D eigenvalue weighted by atomic mass is 9.99. The molecule has 8 nitrogen and oxygen atoms in total. The molecule has 9 heteroatoms. The normalized spacial score (nSPS) is 24.1. The smallest absolute Gasteiger partial charge is 0.305 e. The lowest BCUT2D eigenvalue weighted by molar-refractivity contribution is -0.137. The van der Waals surface area contributed by atoms with Crippen LogP contribution in [0.1, 0.15) is 19.8 Å². The van der Waals surface area contributed by atoms with E-state index in [1.165, 1.54) is 21.4 Å². The lowest BCUT2D eigenvalue weighted by Gasteiger charge is -2.33. The van der Waals surface area contributed by atoms with Crippen LogP contribution >= 0.6 is 0 Å². The number of carbonyl (C=O) groups is 1. The Bertz CT molecular complexity index is 612. The van der Waals surface area contributed by atoms with Crippen LogP contribution < -0.4 is 0 Å². The number of aliphatic hydroxyl groups is 1. The Balaban J connectivity index is 2.11. The molecule has 2 N–H and O–H groups in total. The molecular formula is C12H19N3O5S. The number of aromatic nitrogens is 2. The van der Waals surface area contributed by atoms with Crippen LogP contribution in [0.3, 0.4) is 0 Å². The van der Waals surface area contributed by atoms with Gasteiger partial charge in [-0.1, -0.05) is 6.92 Å². The van der Waals surface area contributed by atoms with Gasteiger partial charge in [0.1, 0.15) is 4.90 Å². The van der Waals surface area contributed by atoms with Crippen molar-refractivity contribution in [2.24, 2.45) is 5.92 Å². The highest BCUT2D eigenvalue weighted by molar-refractivity contribution is 7.89. The highest BCUT2D eigenvalue weighted by Gasteiger charge is 2.33. The van der Waals surface area contributed by atoms with Crippen molar-refractivity contribution in [3.63, 3.8) is 0 Å². The minimum Gasteiger partial charge on any atom is -0.481 e. The molecule has 1 aliphatic heterocycles. The number of piperidine rings is 1. The van der Waals surface area contributed by atoms with E-state index >= 15 is 0 Å². The summed E-state index contributed by atoms with van der Waals surface area (Å²) in [6.45, 7) is 2.47. The Hall–Kier alpha value is -1.45. The Morgan fingerprint density at radius 2 is 2.24 bits per heavy atom. The summed E-state index contributed by atoms with van der Waals surface area (Å²) < 4.78 is 27.6. The molecule has 1 aromatic rings. The number of sulfonamides is 1. The molecule has 0 bridgehead atoms. The maximum absolute atomic E-state index is 12.5. The third kappa shape index (κ3) is 3.60. The molecular weight excluding hydrogens is 298 g/mol. The van der Waals surface area contributed by atoms with Gasteiger partial charge in [-0.3, -0.25) is 9.48 Å². The zero-order valence-electron chi connectivity index (χ0n) is 11.7. The van der Waals surface area contributed by atoms with Crippen molar-refractivity contribution in [3.05, 3.63) is 12.4 Å². The number of aryl methyl sites for hydroxylation is 1.